The van der Waals surface area contributed by atoms with Crippen LogP contribution in [-0.2, 0) is 19.9 Å². The molecule has 2 aliphatic rings. The van der Waals surface area contributed by atoms with Crippen LogP contribution >= 0.6 is 11.3 Å². The number of aryl methyl sites for hydroxylation is 4. The molecule has 0 aliphatic heterocycles. The molecular formula is C22H25N5O2S. The normalized spacial score (nSPS) is 19.6. The van der Waals surface area contributed by atoms with Gasteiger partial charge in [0.15, 0.2) is 5.13 Å². The van der Waals surface area contributed by atoms with Crippen molar-refractivity contribution in [2.24, 2.45) is 13.0 Å². The highest BCUT2D eigenvalue weighted by Crippen LogP contribution is 2.47. The van der Waals surface area contributed by atoms with Crippen LogP contribution in [0.3, 0.4) is 0 Å². The van der Waals surface area contributed by atoms with Gasteiger partial charge in [-0.2, -0.15) is 0 Å². The van der Waals surface area contributed by atoms with Gasteiger partial charge < -0.3 is 9.64 Å². The summed E-state index contributed by atoms with van der Waals surface area (Å²) in [7, 11) is 3.49. The molecule has 3 aromatic heterocycles. The average Bonchev–Trinajstić information content (AvgIpc) is 3.13. The lowest BCUT2D eigenvalue weighted by Gasteiger charge is -2.16. The number of hydrogen-bond acceptors (Lipinski definition) is 7. The number of anilines is 2. The van der Waals surface area contributed by atoms with Crippen LogP contribution in [0.25, 0.3) is 0 Å². The molecule has 0 N–H and O–H groups in total. The van der Waals surface area contributed by atoms with Crippen molar-refractivity contribution in [3.05, 3.63) is 56.6 Å². The Balaban J connectivity index is 1.28. The molecule has 0 aromatic carbocycles. The molecule has 0 saturated heterocycles. The second-order valence-electron chi connectivity index (χ2n) is 8.22. The van der Waals surface area contributed by atoms with Gasteiger partial charge in [0.25, 0.3) is 5.56 Å². The molecule has 2 aliphatic carbocycles. The van der Waals surface area contributed by atoms with Crippen LogP contribution in [-0.4, -0.2) is 33.4 Å². The molecular weight excluding hydrogens is 398 g/mol. The molecule has 1 fully saturated rings. The van der Waals surface area contributed by atoms with E-state index in [4.69, 9.17) is 9.72 Å². The fourth-order valence-corrected chi connectivity index (χ4v) is 4.84. The summed E-state index contributed by atoms with van der Waals surface area (Å²) in [6.07, 6.45) is 6.38. The summed E-state index contributed by atoms with van der Waals surface area (Å²) in [6.45, 7) is 2.57. The third kappa shape index (κ3) is 3.60. The number of nitrogens with zero attached hydrogens (tertiary/aromatic N) is 5. The zero-order valence-electron chi connectivity index (χ0n) is 17.5. The van der Waals surface area contributed by atoms with Crippen molar-refractivity contribution in [3.63, 3.8) is 0 Å². The summed E-state index contributed by atoms with van der Waals surface area (Å²) < 4.78 is 7.33. The van der Waals surface area contributed by atoms with Gasteiger partial charge in [0.2, 0.25) is 5.88 Å². The van der Waals surface area contributed by atoms with Gasteiger partial charge >= 0.3 is 0 Å². The van der Waals surface area contributed by atoms with Crippen LogP contribution in [0, 0.1) is 12.8 Å². The van der Waals surface area contributed by atoms with Crippen molar-refractivity contribution in [2.45, 2.75) is 38.5 Å². The van der Waals surface area contributed by atoms with Gasteiger partial charge in [-0.3, -0.25) is 9.78 Å². The smallest absolute Gasteiger partial charge is 0.290 e. The molecule has 7 nitrogen and oxygen atoms in total. The van der Waals surface area contributed by atoms with Gasteiger partial charge in [-0.05, 0) is 44.2 Å². The Morgan fingerprint density at radius 3 is 3.00 bits per heavy atom. The first-order valence-corrected chi connectivity index (χ1v) is 11.2. The Labute approximate surface area is 179 Å². The molecule has 5 rings (SSSR count). The van der Waals surface area contributed by atoms with Crippen molar-refractivity contribution < 1.29 is 4.74 Å². The van der Waals surface area contributed by atoms with Crippen LogP contribution < -0.4 is 15.2 Å². The van der Waals surface area contributed by atoms with Crippen molar-refractivity contribution in [1.29, 1.82) is 0 Å². The van der Waals surface area contributed by atoms with E-state index in [2.05, 4.69) is 22.2 Å². The molecule has 8 heteroatoms. The van der Waals surface area contributed by atoms with E-state index in [1.807, 2.05) is 14.0 Å². The molecule has 30 heavy (non-hydrogen) atoms. The topological polar surface area (TPSA) is 73.1 Å². The second kappa shape index (κ2) is 7.50. The second-order valence-corrected chi connectivity index (χ2v) is 9.43. The Bertz CT molecular complexity index is 1150. The third-order valence-electron chi connectivity index (χ3n) is 5.98. The largest absolute Gasteiger partial charge is 0.476 e. The van der Waals surface area contributed by atoms with Crippen LogP contribution in [0.5, 0.6) is 5.88 Å². The number of thiazole rings is 1. The monoisotopic (exact) mass is 423 g/mol. The minimum atomic E-state index is -0.177. The van der Waals surface area contributed by atoms with E-state index in [1.54, 1.807) is 35.5 Å². The van der Waals surface area contributed by atoms with Crippen molar-refractivity contribution in [2.75, 3.05) is 18.6 Å². The van der Waals surface area contributed by atoms with Gasteiger partial charge in [-0.25, -0.2) is 9.67 Å². The number of pyridine rings is 1. The van der Waals surface area contributed by atoms with Gasteiger partial charge in [0.05, 0.1) is 6.61 Å². The first-order chi connectivity index (χ1) is 14.5. The predicted molar refractivity (Wildman–Crippen MR) is 117 cm³/mol. The number of rotatable bonds is 6. The third-order valence-corrected chi connectivity index (χ3v) is 6.97. The first-order valence-electron chi connectivity index (χ1n) is 10.4. The van der Waals surface area contributed by atoms with Crippen LogP contribution in [0.15, 0.2) is 29.2 Å². The number of hydrogen-bond donors (Lipinski definition) is 0. The quantitative estimate of drug-likeness (QED) is 0.605. The number of ether oxygens (including phenoxy) is 1. The SMILES string of the molecule is Cc1cnc(N(C)c2cc(OC[C@H]3C[C@@H]3c3ccc4c(n3)CCC4)nn(C)c2=O)s1. The Kier molecular flexibility index (Phi) is 4.81. The molecule has 2 atom stereocenters. The average molecular weight is 424 g/mol. The van der Waals surface area contributed by atoms with Crippen molar-refractivity contribution in [1.82, 2.24) is 19.7 Å². The van der Waals surface area contributed by atoms with Crippen molar-refractivity contribution in [3.8, 4) is 5.88 Å². The van der Waals surface area contributed by atoms with E-state index in [9.17, 15) is 4.79 Å². The number of fused-ring (bicyclic) bond motifs is 1. The summed E-state index contributed by atoms with van der Waals surface area (Å²) in [5.74, 6) is 1.36. The summed E-state index contributed by atoms with van der Waals surface area (Å²) >= 11 is 1.54. The van der Waals surface area contributed by atoms with Crippen LogP contribution in [0.2, 0.25) is 0 Å². The Morgan fingerprint density at radius 2 is 2.20 bits per heavy atom. The summed E-state index contributed by atoms with van der Waals surface area (Å²) in [6, 6.07) is 6.14. The lowest BCUT2D eigenvalue weighted by atomic mass is 10.1. The molecule has 3 heterocycles. The van der Waals surface area contributed by atoms with E-state index in [0.29, 0.717) is 30.0 Å². The summed E-state index contributed by atoms with van der Waals surface area (Å²) in [5, 5.41) is 5.05. The summed E-state index contributed by atoms with van der Waals surface area (Å²) in [5.41, 5.74) is 4.21. The maximum Gasteiger partial charge on any atom is 0.290 e. The summed E-state index contributed by atoms with van der Waals surface area (Å²) in [4.78, 5) is 24.7. The molecule has 0 bridgehead atoms. The fraction of sp³-hybridized carbons (Fsp3) is 0.455. The van der Waals surface area contributed by atoms with Gasteiger partial charge in [0.1, 0.15) is 5.69 Å². The minimum Gasteiger partial charge on any atom is -0.476 e. The predicted octanol–water partition coefficient (Wildman–Crippen LogP) is 3.38. The van der Waals surface area contributed by atoms with Gasteiger partial charge in [0, 0.05) is 54.5 Å². The van der Waals surface area contributed by atoms with E-state index < -0.39 is 0 Å². The van der Waals surface area contributed by atoms with E-state index in [0.717, 1.165) is 29.3 Å². The Hall–Kier alpha value is -2.74. The molecule has 0 spiro atoms. The maximum atomic E-state index is 12.6. The maximum absolute atomic E-state index is 12.6. The van der Waals surface area contributed by atoms with Gasteiger partial charge in [-0.1, -0.05) is 6.07 Å². The zero-order chi connectivity index (χ0) is 20.8. The van der Waals surface area contributed by atoms with Crippen LogP contribution in [0.4, 0.5) is 10.8 Å². The van der Waals surface area contributed by atoms with E-state index >= 15 is 0 Å². The fourth-order valence-electron chi connectivity index (χ4n) is 4.11. The molecule has 1 saturated carbocycles. The molecule has 3 aromatic rings. The highest BCUT2D eigenvalue weighted by atomic mass is 32.1. The molecule has 0 amide bonds. The highest BCUT2D eigenvalue weighted by molar-refractivity contribution is 7.15. The van der Waals surface area contributed by atoms with E-state index in [-0.39, 0.29) is 5.56 Å². The first kappa shape index (κ1) is 19.2. The van der Waals surface area contributed by atoms with Crippen molar-refractivity contribution >= 4 is 22.2 Å². The zero-order valence-corrected chi connectivity index (χ0v) is 18.3. The number of aromatic nitrogens is 4. The Morgan fingerprint density at radius 1 is 1.33 bits per heavy atom. The lowest BCUT2D eigenvalue weighted by Crippen LogP contribution is -2.27. The van der Waals surface area contributed by atoms with E-state index in [1.165, 1.54) is 28.1 Å². The molecule has 0 unspecified atom stereocenters. The molecule has 0 radical (unpaired) electrons. The van der Waals surface area contributed by atoms with Crippen LogP contribution in [0.1, 0.15) is 40.6 Å². The molecule has 156 valence electrons. The highest BCUT2D eigenvalue weighted by Gasteiger charge is 2.40. The standard InChI is InChI=1S/C22H25N5O2S/c1-13-11-23-22(30-13)26(2)19-10-20(25-27(3)21(19)28)29-12-15-9-16(15)18-8-7-14-5-4-6-17(14)24-18/h7-8,10-11,15-16H,4-6,9,12H2,1-3H3/t15-,16+/m1/s1. The minimum absolute atomic E-state index is 0.177. The van der Waals surface area contributed by atoms with Gasteiger partial charge in [-0.15, -0.1) is 16.4 Å². The lowest BCUT2D eigenvalue weighted by molar-refractivity contribution is 0.278.